The van der Waals surface area contributed by atoms with E-state index in [-0.39, 0.29) is 0 Å². The Kier molecular flexibility index (Phi) is 7.13. The topological polar surface area (TPSA) is 110 Å². The second-order valence-corrected chi connectivity index (χ2v) is 9.66. The molecule has 4 rings (SSSR count). The van der Waals surface area contributed by atoms with Crippen molar-refractivity contribution in [1.82, 2.24) is 9.97 Å². The Labute approximate surface area is 193 Å². The van der Waals surface area contributed by atoms with Gasteiger partial charge in [-0.05, 0) is 67.1 Å². The van der Waals surface area contributed by atoms with Gasteiger partial charge in [-0.15, -0.1) is 11.3 Å². The van der Waals surface area contributed by atoms with Gasteiger partial charge in [-0.2, -0.15) is 0 Å². The first-order valence-corrected chi connectivity index (χ1v) is 12.3. The van der Waals surface area contributed by atoms with Gasteiger partial charge < -0.3 is 14.8 Å². The maximum Gasteiger partial charge on any atom is 0.325 e. The van der Waals surface area contributed by atoms with Gasteiger partial charge in [0.2, 0.25) is 0 Å². The lowest BCUT2D eigenvalue weighted by Gasteiger charge is -2.30. The molecule has 0 aliphatic carbocycles. The molecule has 3 heterocycles. The molecule has 3 aromatic rings. The predicted octanol–water partition coefficient (Wildman–Crippen LogP) is 4.45. The Bertz CT molecular complexity index is 1100. The van der Waals surface area contributed by atoms with Crippen LogP contribution in [0.2, 0.25) is 0 Å². The molecule has 0 radical (unpaired) electrons. The first-order valence-electron chi connectivity index (χ1n) is 10.4. The molecule has 1 aromatic carbocycles. The number of benzene rings is 1. The van der Waals surface area contributed by atoms with Crippen LogP contribution in [0.1, 0.15) is 40.6 Å². The molecule has 1 aliphatic heterocycles. The highest BCUT2D eigenvalue weighted by Crippen LogP contribution is 2.33. The zero-order valence-corrected chi connectivity index (χ0v) is 19.2. The minimum atomic E-state index is -2.42. The molecule has 0 spiro atoms. The minimum absolute atomic E-state index is 0.315. The van der Waals surface area contributed by atoms with Crippen LogP contribution in [0.15, 0.2) is 48.8 Å². The van der Waals surface area contributed by atoms with E-state index in [1.165, 1.54) is 12.6 Å². The van der Waals surface area contributed by atoms with Crippen molar-refractivity contribution in [3.63, 3.8) is 0 Å². The molecule has 1 aliphatic rings. The zero-order chi connectivity index (χ0) is 22.5. The molecule has 2 aromatic heterocycles. The number of nitrogens with zero attached hydrogens (tertiary/aromatic N) is 3. The van der Waals surface area contributed by atoms with Crippen LogP contribution in [0.3, 0.4) is 0 Å². The molecule has 8 nitrogen and oxygen atoms in total. The number of aromatic nitrogens is 2. The fourth-order valence-corrected chi connectivity index (χ4v) is 5.50. The summed E-state index contributed by atoms with van der Waals surface area (Å²) < 4.78 is 23.6. The summed E-state index contributed by atoms with van der Waals surface area (Å²) >= 11 is -1.31. The molecule has 1 saturated heterocycles. The van der Waals surface area contributed by atoms with Crippen LogP contribution in [0.5, 0.6) is 0 Å². The Morgan fingerprint density at radius 1 is 1.16 bits per heavy atom. The van der Waals surface area contributed by atoms with E-state index in [2.05, 4.69) is 31.6 Å². The van der Waals surface area contributed by atoms with Gasteiger partial charge >= 0.3 is 6.03 Å². The summed E-state index contributed by atoms with van der Waals surface area (Å²) in [4.78, 5) is 23.8. The summed E-state index contributed by atoms with van der Waals surface area (Å²) in [5.41, 5.74) is 3.29. The summed E-state index contributed by atoms with van der Waals surface area (Å²) in [6, 6.07) is 10.6. The third-order valence-corrected chi connectivity index (χ3v) is 7.26. The molecule has 2 atom stereocenters. The lowest BCUT2D eigenvalue weighted by Crippen LogP contribution is -2.31. The normalized spacial score (nSPS) is 15.8. The highest BCUT2D eigenvalue weighted by Gasteiger charge is 2.21. The van der Waals surface area contributed by atoms with Gasteiger partial charge in [0.15, 0.2) is 5.13 Å². The smallest absolute Gasteiger partial charge is 0.325 e. The van der Waals surface area contributed by atoms with Gasteiger partial charge in [-0.3, -0.25) is 14.5 Å². The fraction of sp³-hybridized carbons (Fsp3) is 0.318. The standard InChI is InChI=1S/C22H25N5O3S2/c1-15-8-9-16(18(13-15)27-11-5-2-6-12-27)25-21(28)26-22-24-14-19(31-22)20(32(29)30)17-7-3-4-10-23-17/h3-4,7-10,13-14,20H,2,5-6,11-12H2,1H3,(H,29,30)(H2,24,25,26,28)/p-1. The lowest BCUT2D eigenvalue weighted by molar-refractivity contribution is 0.262. The van der Waals surface area contributed by atoms with E-state index < -0.39 is 22.4 Å². The number of carbonyl (C=O) groups excluding carboxylic acids is 1. The van der Waals surface area contributed by atoms with Crippen LogP contribution < -0.4 is 15.5 Å². The number of pyridine rings is 1. The van der Waals surface area contributed by atoms with Crippen molar-refractivity contribution in [3.05, 3.63) is 64.9 Å². The van der Waals surface area contributed by atoms with E-state index in [0.29, 0.717) is 15.7 Å². The van der Waals surface area contributed by atoms with E-state index in [9.17, 15) is 13.6 Å². The number of hydrogen-bond acceptors (Lipinski definition) is 7. The van der Waals surface area contributed by atoms with Gasteiger partial charge in [0.25, 0.3) is 0 Å². The van der Waals surface area contributed by atoms with E-state index in [4.69, 9.17) is 0 Å². The molecule has 2 amide bonds. The first kappa shape index (κ1) is 22.4. The Morgan fingerprint density at radius 3 is 2.69 bits per heavy atom. The highest BCUT2D eigenvalue weighted by molar-refractivity contribution is 7.79. The number of urea groups is 1. The van der Waals surface area contributed by atoms with Crippen LogP contribution in [0, 0.1) is 6.92 Å². The molecule has 168 valence electrons. The van der Waals surface area contributed by atoms with Crippen molar-refractivity contribution in [2.24, 2.45) is 0 Å². The minimum Gasteiger partial charge on any atom is -0.772 e. The van der Waals surface area contributed by atoms with Crippen molar-refractivity contribution < 1.29 is 13.6 Å². The zero-order valence-electron chi connectivity index (χ0n) is 17.6. The average Bonchev–Trinajstić information content (AvgIpc) is 3.23. The number of nitrogens with one attached hydrogen (secondary N) is 2. The highest BCUT2D eigenvalue weighted by atomic mass is 32.2. The van der Waals surface area contributed by atoms with Crippen molar-refractivity contribution in [3.8, 4) is 0 Å². The van der Waals surface area contributed by atoms with Crippen LogP contribution in [-0.4, -0.2) is 37.9 Å². The second kappa shape index (κ2) is 10.2. The summed E-state index contributed by atoms with van der Waals surface area (Å²) in [6.07, 6.45) is 6.51. The van der Waals surface area contributed by atoms with E-state index in [1.807, 2.05) is 19.1 Å². The average molecular weight is 471 g/mol. The van der Waals surface area contributed by atoms with Gasteiger partial charge in [0.05, 0.1) is 22.3 Å². The third-order valence-electron chi connectivity index (χ3n) is 5.25. The van der Waals surface area contributed by atoms with Gasteiger partial charge in [0, 0.05) is 30.4 Å². The van der Waals surface area contributed by atoms with Gasteiger partial charge in [0.1, 0.15) is 0 Å². The summed E-state index contributed by atoms with van der Waals surface area (Å²) in [5.74, 6) is 0. The van der Waals surface area contributed by atoms with Crippen molar-refractivity contribution in [2.75, 3.05) is 28.6 Å². The molecule has 0 saturated carbocycles. The molecule has 10 heteroatoms. The molecule has 32 heavy (non-hydrogen) atoms. The van der Waals surface area contributed by atoms with Crippen molar-refractivity contribution in [1.29, 1.82) is 0 Å². The van der Waals surface area contributed by atoms with Crippen molar-refractivity contribution >= 4 is 45.0 Å². The molecular formula is C22H24N5O3S2-. The maximum absolute atomic E-state index is 12.7. The number of rotatable bonds is 6. The van der Waals surface area contributed by atoms with Crippen LogP contribution in [0.25, 0.3) is 0 Å². The number of carbonyl (C=O) groups is 1. The van der Waals surface area contributed by atoms with E-state index >= 15 is 0 Å². The Hall–Kier alpha value is -2.82. The molecule has 1 fully saturated rings. The monoisotopic (exact) mass is 470 g/mol. The number of anilines is 3. The van der Waals surface area contributed by atoms with E-state index in [1.54, 1.807) is 24.4 Å². The van der Waals surface area contributed by atoms with Crippen LogP contribution in [-0.2, 0) is 11.1 Å². The summed E-state index contributed by atoms with van der Waals surface area (Å²) in [7, 11) is 0. The SMILES string of the molecule is Cc1ccc(NC(=O)Nc2ncc(C(c3ccccn3)S(=O)[O-])s2)c(N2CCCCC2)c1. The first-order chi connectivity index (χ1) is 15.5. The quantitative estimate of drug-likeness (QED) is 0.515. The molecule has 0 bridgehead atoms. The maximum atomic E-state index is 12.7. The summed E-state index contributed by atoms with van der Waals surface area (Å²) in [6.45, 7) is 3.97. The number of thiazole rings is 1. The van der Waals surface area contributed by atoms with Crippen LogP contribution in [0.4, 0.5) is 21.3 Å². The van der Waals surface area contributed by atoms with Crippen LogP contribution >= 0.6 is 11.3 Å². The molecular weight excluding hydrogens is 446 g/mol. The number of piperidine rings is 1. The second-order valence-electron chi connectivity index (χ2n) is 7.61. The predicted molar refractivity (Wildman–Crippen MR) is 127 cm³/mol. The molecule has 2 unspecified atom stereocenters. The summed E-state index contributed by atoms with van der Waals surface area (Å²) in [5, 5.41) is 5.02. The van der Waals surface area contributed by atoms with Crippen molar-refractivity contribution in [2.45, 2.75) is 31.4 Å². The largest absolute Gasteiger partial charge is 0.772 e. The number of amides is 2. The molecule has 2 N–H and O–H groups in total. The third kappa shape index (κ3) is 5.32. The van der Waals surface area contributed by atoms with Gasteiger partial charge in [-0.25, -0.2) is 9.78 Å². The Morgan fingerprint density at radius 2 is 1.97 bits per heavy atom. The number of aryl methyl sites for hydroxylation is 1. The Balaban J connectivity index is 1.48. The number of hydrogen-bond donors (Lipinski definition) is 2. The lowest BCUT2D eigenvalue weighted by atomic mass is 10.1. The fourth-order valence-electron chi connectivity index (χ4n) is 3.73. The van der Waals surface area contributed by atoms with E-state index in [0.717, 1.165) is 54.2 Å². The van der Waals surface area contributed by atoms with Gasteiger partial charge in [-0.1, -0.05) is 12.1 Å².